The number of nitrogens with zero attached hydrogens (tertiary/aromatic N) is 3. The maximum Gasteiger partial charge on any atom is 0.223 e. The van der Waals surface area contributed by atoms with Gasteiger partial charge in [0.25, 0.3) is 0 Å². The molecule has 2 fully saturated rings. The molecule has 1 aliphatic heterocycles. The van der Waals surface area contributed by atoms with Crippen molar-refractivity contribution >= 4 is 28.3 Å². The minimum Gasteiger partial charge on any atom is -0.353 e. The predicted molar refractivity (Wildman–Crippen MR) is 107 cm³/mol. The molecule has 1 saturated heterocycles. The van der Waals surface area contributed by atoms with Crippen LogP contribution < -0.4 is 10.2 Å². The van der Waals surface area contributed by atoms with Gasteiger partial charge in [-0.25, -0.2) is 4.98 Å². The van der Waals surface area contributed by atoms with Gasteiger partial charge in [0.05, 0.1) is 5.69 Å². The molecule has 148 valence electrons. The second-order valence-corrected chi connectivity index (χ2v) is 9.20. The van der Waals surface area contributed by atoms with Gasteiger partial charge in [-0.2, -0.15) is 0 Å². The summed E-state index contributed by atoms with van der Waals surface area (Å²) in [7, 11) is 0. The second kappa shape index (κ2) is 8.17. The summed E-state index contributed by atoms with van der Waals surface area (Å²) in [5.74, 6) is 0.500. The van der Waals surface area contributed by atoms with E-state index in [2.05, 4.69) is 10.2 Å². The highest BCUT2D eigenvalue weighted by Gasteiger charge is 2.30. The van der Waals surface area contributed by atoms with E-state index in [1.807, 2.05) is 4.90 Å². The van der Waals surface area contributed by atoms with Crippen LogP contribution in [0.3, 0.4) is 0 Å². The van der Waals surface area contributed by atoms with Crippen molar-refractivity contribution in [1.29, 1.82) is 0 Å². The van der Waals surface area contributed by atoms with Crippen LogP contribution in [0, 0.1) is 5.92 Å². The molecule has 1 aromatic rings. The van der Waals surface area contributed by atoms with E-state index < -0.39 is 0 Å². The number of piperazine rings is 1. The zero-order valence-electron chi connectivity index (χ0n) is 16.2. The molecule has 7 heteroatoms. The van der Waals surface area contributed by atoms with Crippen molar-refractivity contribution in [3.05, 3.63) is 10.6 Å². The highest BCUT2D eigenvalue weighted by molar-refractivity contribution is 7.15. The highest BCUT2D eigenvalue weighted by atomic mass is 32.1. The lowest BCUT2D eigenvalue weighted by Crippen LogP contribution is -2.48. The van der Waals surface area contributed by atoms with E-state index in [1.54, 1.807) is 18.3 Å². The van der Waals surface area contributed by atoms with E-state index in [9.17, 15) is 9.59 Å². The summed E-state index contributed by atoms with van der Waals surface area (Å²) >= 11 is 1.75. The van der Waals surface area contributed by atoms with Crippen molar-refractivity contribution in [2.24, 2.45) is 5.92 Å². The molecule has 0 spiro atoms. The minimum atomic E-state index is 0.0993. The number of nitrogens with one attached hydrogen (secondary N) is 1. The molecule has 2 heterocycles. The Morgan fingerprint density at radius 1 is 1.07 bits per heavy atom. The molecule has 4 rings (SSSR count). The third-order valence-corrected chi connectivity index (χ3v) is 7.43. The van der Waals surface area contributed by atoms with Crippen LogP contribution in [-0.2, 0) is 22.4 Å². The van der Waals surface area contributed by atoms with Gasteiger partial charge in [-0.1, -0.05) is 19.3 Å². The normalized spacial score (nSPS) is 23.8. The summed E-state index contributed by atoms with van der Waals surface area (Å²) in [4.78, 5) is 34.5. The number of thiazole rings is 1. The summed E-state index contributed by atoms with van der Waals surface area (Å²) in [5.41, 5.74) is 1.19. The van der Waals surface area contributed by atoms with Crippen LogP contribution >= 0.6 is 11.3 Å². The molecule has 1 atom stereocenters. The number of carbonyl (C=O) groups excluding carboxylic acids is 2. The first-order chi connectivity index (χ1) is 13.1. The summed E-state index contributed by atoms with van der Waals surface area (Å²) in [5, 5.41) is 4.37. The van der Waals surface area contributed by atoms with Crippen molar-refractivity contribution < 1.29 is 9.59 Å². The molecule has 2 amide bonds. The average Bonchev–Trinajstić information content (AvgIpc) is 3.12. The van der Waals surface area contributed by atoms with E-state index in [-0.39, 0.29) is 17.7 Å². The number of fused-ring (bicyclic) bond motifs is 1. The SMILES string of the molecule is CC(=O)N1CCN(c2nc3c(s2)CC(C(=O)NC2CCCCC2)CC3)CC1. The topological polar surface area (TPSA) is 65.5 Å². The number of rotatable bonds is 3. The van der Waals surface area contributed by atoms with Crippen LogP contribution in [0.25, 0.3) is 0 Å². The molecule has 3 aliphatic rings. The second-order valence-electron chi connectivity index (χ2n) is 8.14. The van der Waals surface area contributed by atoms with Gasteiger partial charge in [-0.15, -0.1) is 11.3 Å². The van der Waals surface area contributed by atoms with Crippen LogP contribution in [0.15, 0.2) is 0 Å². The van der Waals surface area contributed by atoms with Crippen LogP contribution in [0.2, 0.25) is 0 Å². The van der Waals surface area contributed by atoms with E-state index in [0.717, 1.165) is 63.4 Å². The van der Waals surface area contributed by atoms with Crippen molar-refractivity contribution in [3.63, 3.8) is 0 Å². The molecule has 6 nitrogen and oxygen atoms in total. The quantitative estimate of drug-likeness (QED) is 0.861. The van der Waals surface area contributed by atoms with Gasteiger partial charge in [0, 0.05) is 49.9 Å². The van der Waals surface area contributed by atoms with Gasteiger partial charge in [0.2, 0.25) is 11.8 Å². The molecular weight excluding hydrogens is 360 g/mol. The number of carbonyl (C=O) groups is 2. The van der Waals surface area contributed by atoms with Crippen LogP contribution in [0.4, 0.5) is 5.13 Å². The Morgan fingerprint density at radius 3 is 2.52 bits per heavy atom. The molecule has 27 heavy (non-hydrogen) atoms. The van der Waals surface area contributed by atoms with Crippen LogP contribution in [0.5, 0.6) is 0 Å². The van der Waals surface area contributed by atoms with E-state index >= 15 is 0 Å². The Morgan fingerprint density at radius 2 is 1.81 bits per heavy atom. The minimum absolute atomic E-state index is 0.0993. The number of hydrogen-bond acceptors (Lipinski definition) is 5. The molecule has 0 radical (unpaired) electrons. The van der Waals surface area contributed by atoms with Gasteiger partial charge < -0.3 is 15.1 Å². The van der Waals surface area contributed by atoms with E-state index in [4.69, 9.17) is 4.98 Å². The Labute approximate surface area is 165 Å². The van der Waals surface area contributed by atoms with Crippen molar-refractivity contribution in [2.75, 3.05) is 31.1 Å². The molecular formula is C20H30N4O2S. The van der Waals surface area contributed by atoms with Crippen molar-refractivity contribution in [1.82, 2.24) is 15.2 Å². The molecule has 1 aromatic heterocycles. The van der Waals surface area contributed by atoms with E-state index in [0.29, 0.717) is 6.04 Å². The molecule has 0 aromatic carbocycles. The zero-order chi connectivity index (χ0) is 18.8. The largest absolute Gasteiger partial charge is 0.353 e. The third-order valence-electron chi connectivity index (χ3n) is 6.25. The first-order valence-corrected chi connectivity index (χ1v) is 11.2. The summed E-state index contributed by atoms with van der Waals surface area (Å²) in [6.45, 7) is 4.86. The van der Waals surface area contributed by atoms with Gasteiger partial charge in [0.1, 0.15) is 0 Å². The van der Waals surface area contributed by atoms with E-state index in [1.165, 1.54) is 29.8 Å². The van der Waals surface area contributed by atoms with Crippen LogP contribution in [0.1, 0.15) is 56.0 Å². The number of hydrogen-bond donors (Lipinski definition) is 1. The van der Waals surface area contributed by atoms with Gasteiger partial charge >= 0.3 is 0 Å². The standard InChI is InChI=1S/C20H30N4O2S/c1-14(25)23-9-11-24(12-10-23)20-22-17-8-7-15(13-18(17)27-20)19(26)21-16-5-3-2-4-6-16/h15-16H,2-13H2,1H3,(H,21,26). The zero-order valence-corrected chi connectivity index (χ0v) is 17.0. The maximum atomic E-state index is 12.7. The summed E-state index contributed by atoms with van der Waals surface area (Å²) < 4.78 is 0. The summed E-state index contributed by atoms with van der Waals surface area (Å²) in [6, 6.07) is 0.391. The number of aryl methyl sites for hydroxylation is 1. The Balaban J connectivity index is 1.35. The fourth-order valence-electron chi connectivity index (χ4n) is 4.50. The lowest BCUT2D eigenvalue weighted by Gasteiger charge is -2.33. The Kier molecular flexibility index (Phi) is 5.66. The molecule has 0 bridgehead atoms. The molecule has 1 saturated carbocycles. The smallest absolute Gasteiger partial charge is 0.223 e. The third kappa shape index (κ3) is 4.28. The number of amides is 2. The van der Waals surface area contributed by atoms with Crippen molar-refractivity contribution in [2.45, 2.75) is 64.3 Å². The maximum absolute atomic E-state index is 12.7. The molecule has 1 unspecified atom stereocenters. The van der Waals surface area contributed by atoms with Crippen LogP contribution in [-0.4, -0.2) is 53.9 Å². The average molecular weight is 391 g/mol. The first kappa shape index (κ1) is 18.7. The lowest BCUT2D eigenvalue weighted by atomic mass is 9.89. The fraction of sp³-hybridized carbons (Fsp3) is 0.750. The molecule has 1 N–H and O–H groups in total. The summed E-state index contributed by atoms with van der Waals surface area (Å²) in [6.07, 6.45) is 8.72. The van der Waals surface area contributed by atoms with Crippen molar-refractivity contribution in [3.8, 4) is 0 Å². The molecule has 2 aliphatic carbocycles. The number of aromatic nitrogens is 1. The van der Waals surface area contributed by atoms with Gasteiger partial charge in [0.15, 0.2) is 5.13 Å². The van der Waals surface area contributed by atoms with Gasteiger partial charge in [-0.3, -0.25) is 9.59 Å². The first-order valence-electron chi connectivity index (χ1n) is 10.4. The fourth-order valence-corrected chi connectivity index (χ4v) is 5.74. The van der Waals surface area contributed by atoms with Gasteiger partial charge in [-0.05, 0) is 32.1 Å². The lowest BCUT2D eigenvalue weighted by molar-refractivity contribution is -0.129. The Bertz CT molecular complexity index is 690. The highest BCUT2D eigenvalue weighted by Crippen LogP contribution is 2.34. The predicted octanol–water partition coefficient (Wildman–Crippen LogP) is 2.37. The Hall–Kier alpha value is -1.63. The number of anilines is 1. The monoisotopic (exact) mass is 390 g/mol.